The van der Waals surface area contributed by atoms with Gasteiger partial charge in [0.2, 0.25) is 0 Å². The van der Waals surface area contributed by atoms with Crippen molar-refractivity contribution < 1.29 is 13.9 Å². The van der Waals surface area contributed by atoms with Gasteiger partial charge in [0, 0.05) is 13.1 Å². The Bertz CT molecular complexity index is 702. The highest BCUT2D eigenvalue weighted by atomic mass is 16.6. The normalized spacial score (nSPS) is 21.4. The number of para-hydroxylation sites is 2. The van der Waals surface area contributed by atoms with Crippen molar-refractivity contribution in [2.45, 2.75) is 52.2 Å². The molecular weight excluding hydrogens is 318 g/mol. The van der Waals surface area contributed by atoms with E-state index in [1.807, 2.05) is 45.0 Å². The first-order valence-corrected chi connectivity index (χ1v) is 8.92. The molecule has 0 spiro atoms. The van der Waals surface area contributed by atoms with Gasteiger partial charge in [0.1, 0.15) is 11.1 Å². The lowest BCUT2D eigenvalue weighted by molar-refractivity contribution is 0.0519. The molecular formula is C19H27N3O3. The Morgan fingerprint density at radius 3 is 2.88 bits per heavy atom. The second-order valence-corrected chi connectivity index (χ2v) is 7.73. The van der Waals surface area contributed by atoms with Crippen LogP contribution in [-0.4, -0.2) is 35.8 Å². The van der Waals surface area contributed by atoms with E-state index in [4.69, 9.17) is 9.15 Å². The Morgan fingerprint density at radius 2 is 2.16 bits per heavy atom. The molecule has 2 aromatic rings. The Balaban J connectivity index is 1.73. The van der Waals surface area contributed by atoms with Crippen LogP contribution in [0.3, 0.4) is 0 Å². The summed E-state index contributed by atoms with van der Waals surface area (Å²) in [7, 11) is 0. The van der Waals surface area contributed by atoms with Crippen LogP contribution in [0.15, 0.2) is 28.7 Å². The van der Waals surface area contributed by atoms with Crippen LogP contribution in [0, 0.1) is 5.92 Å². The zero-order valence-corrected chi connectivity index (χ0v) is 15.4. The predicted molar refractivity (Wildman–Crippen MR) is 97.8 cm³/mol. The zero-order valence-electron chi connectivity index (χ0n) is 15.4. The molecule has 0 bridgehead atoms. The Morgan fingerprint density at radius 1 is 1.40 bits per heavy atom. The third kappa shape index (κ3) is 4.24. The number of nitrogens with one attached hydrogen (secondary N) is 1. The predicted octanol–water partition coefficient (Wildman–Crippen LogP) is 3.96. The van der Waals surface area contributed by atoms with Gasteiger partial charge in [0.05, 0.1) is 6.04 Å². The Labute approximate surface area is 148 Å². The third-order valence-electron chi connectivity index (χ3n) is 4.50. The van der Waals surface area contributed by atoms with E-state index in [1.165, 1.54) is 0 Å². The largest absolute Gasteiger partial charge is 0.444 e. The summed E-state index contributed by atoms with van der Waals surface area (Å²) in [6.07, 6.45) is 1.82. The summed E-state index contributed by atoms with van der Waals surface area (Å²) in [5, 5.41) is 2.90. The lowest BCUT2D eigenvalue weighted by Crippen LogP contribution is -2.51. The zero-order chi connectivity index (χ0) is 18.0. The van der Waals surface area contributed by atoms with Crippen molar-refractivity contribution in [2.75, 3.05) is 18.0 Å². The fourth-order valence-corrected chi connectivity index (χ4v) is 3.28. The van der Waals surface area contributed by atoms with E-state index in [-0.39, 0.29) is 12.1 Å². The second kappa shape index (κ2) is 6.94. The molecule has 1 saturated heterocycles. The average molecular weight is 345 g/mol. The molecule has 1 aromatic carbocycles. The van der Waals surface area contributed by atoms with Crippen molar-refractivity contribution >= 4 is 23.2 Å². The maximum Gasteiger partial charge on any atom is 0.407 e. The van der Waals surface area contributed by atoms with E-state index in [0.29, 0.717) is 18.5 Å². The van der Waals surface area contributed by atoms with Crippen molar-refractivity contribution in [3.05, 3.63) is 24.3 Å². The van der Waals surface area contributed by atoms with Gasteiger partial charge < -0.3 is 19.4 Å². The van der Waals surface area contributed by atoms with E-state index >= 15 is 0 Å². The van der Waals surface area contributed by atoms with Gasteiger partial charge in [0.15, 0.2) is 5.58 Å². The van der Waals surface area contributed by atoms with E-state index in [2.05, 4.69) is 22.1 Å². The van der Waals surface area contributed by atoms with Gasteiger partial charge in [0.25, 0.3) is 6.01 Å². The molecule has 6 nitrogen and oxygen atoms in total. The standard InChI is InChI=1S/C19H27N3O3/c1-13-8-7-11-22(15(13)12-20-18(23)25-19(2,3)4)17-21-14-9-5-6-10-16(14)24-17/h5-6,9-10,13,15H,7-8,11-12H2,1-4H3,(H,20,23). The molecule has 1 aliphatic heterocycles. The fraction of sp³-hybridized carbons (Fsp3) is 0.579. The monoisotopic (exact) mass is 345 g/mol. The molecule has 2 unspecified atom stereocenters. The van der Waals surface area contributed by atoms with Gasteiger partial charge >= 0.3 is 6.09 Å². The minimum Gasteiger partial charge on any atom is -0.444 e. The number of amides is 1. The smallest absolute Gasteiger partial charge is 0.407 e. The number of aromatic nitrogens is 1. The van der Waals surface area contributed by atoms with E-state index in [1.54, 1.807) is 0 Å². The lowest BCUT2D eigenvalue weighted by atomic mass is 9.91. The number of hydrogen-bond donors (Lipinski definition) is 1. The summed E-state index contributed by atoms with van der Waals surface area (Å²) in [5.74, 6) is 0.429. The van der Waals surface area contributed by atoms with Crippen LogP contribution in [0.5, 0.6) is 0 Å². The molecule has 1 aromatic heterocycles. The van der Waals surface area contributed by atoms with Gasteiger partial charge in [-0.25, -0.2) is 4.79 Å². The van der Waals surface area contributed by atoms with Crippen molar-refractivity contribution in [3.63, 3.8) is 0 Å². The molecule has 1 amide bonds. The van der Waals surface area contributed by atoms with Crippen molar-refractivity contribution in [1.29, 1.82) is 0 Å². The number of anilines is 1. The summed E-state index contributed by atoms with van der Waals surface area (Å²) in [6, 6.07) is 8.53. The minimum absolute atomic E-state index is 0.134. The molecule has 1 fully saturated rings. The van der Waals surface area contributed by atoms with E-state index in [0.717, 1.165) is 30.5 Å². The number of carbonyl (C=O) groups is 1. The van der Waals surface area contributed by atoms with Crippen molar-refractivity contribution in [1.82, 2.24) is 10.3 Å². The first kappa shape index (κ1) is 17.6. The molecule has 136 valence electrons. The molecule has 1 aliphatic rings. The summed E-state index contributed by atoms with van der Waals surface area (Å²) < 4.78 is 11.3. The number of ether oxygens (including phenoxy) is 1. The second-order valence-electron chi connectivity index (χ2n) is 7.73. The highest BCUT2D eigenvalue weighted by Crippen LogP contribution is 2.30. The first-order chi connectivity index (χ1) is 11.8. The van der Waals surface area contributed by atoms with Crippen LogP contribution in [0.4, 0.5) is 10.8 Å². The molecule has 0 saturated carbocycles. The molecule has 6 heteroatoms. The lowest BCUT2D eigenvalue weighted by Gasteiger charge is -2.39. The number of oxazole rings is 1. The number of piperidine rings is 1. The topological polar surface area (TPSA) is 67.6 Å². The van der Waals surface area contributed by atoms with Crippen LogP contribution in [0.25, 0.3) is 11.1 Å². The van der Waals surface area contributed by atoms with Gasteiger partial charge in [-0.2, -0.15) is 4.98 Å². The van der Waals surface area contributed by atoms with E-state index < -0.39 is 5.60 Å². The molecule has 0 aliphatic carbocycles. The first-order valence-electron chi connectivity index (χ1n) is 8.92. The van der Waals surface area contributed by atoms with Crippen LogP contribution >= 0.6 is 0 Å². The van der Waals surface area contributed by atoms with Gasteiger partial charge in [-0.15, -0.1) is 0 Å². The van der Waals surface area contributed by atoms with Crippen molar-refractivity contribution in [3.8, 4) is 0 Å². The van der Waals surface area contributed by atoms with Crippen LogP contribution < -0.4 is 10.2 Å². The summed E-state index contributed by atoms with van der Waals surface area (Å²) in [5.41, 5.74) is 1.14. The molecule has 25 heavy (non-hydrogen) atoms. The summed E-state index contributed by atoms with van der Waals surface area (Å²) in [4.78, 5) is 18.8. The number of fused-ring (bicyclic) bond motifs is 1. The van der Waals surface area contributed by atoms with E-state index in [9.17, 15) is 4.79 Å². The summed E-state index contributed by atoms with van der Waals surface area (Å²) >= 11 is 0. The quantitative estimate of drug-likeness (QED) is 0.912. The maximum absolute atomic E-state index is 12.0. The SMILES string of the molecule is CC1CCCN(c2nc3ccccc3o2)C1CNC(=O)OC(C)(C)C. The molecule has 0 radical (unpaired) electrons. The van der Waals surface area contributed by atoms with Crippen LogP contribution in [0.2, 0.25) is 0 Å². The highest BCUT2D eigenvalue weighted by molar-refractivity contribution is 5.74. The van der Waals surface area contributed by atoms with Gasteiger partial charge in [-0.05, 0) is 51.7 Å². The average Bonchev–Trinajstić information content (AvgIpc) is 2.95. The highest BCUT2D eigenvalue weighted by Gasteiger charge is 2.32. The molecule has 1 N–H and O–H groups in total. The number of benzene rings is 1. The number of carbonyl (C=O) groups excluding carboxylic acids is 1. The Kier molecular flexibility index (Phi) is 4.88. The van der Waals surface area contributed by atoms with Crippen LogP contribution in [-0.2, 0) is 4.74 Å². The maximum atomic E-state index is 12.0. The fourth-order valence-electron chi connectivity index (χ4n) is 3.28. The number of hydrogen-bond acceptors (Lipinski definition) is 5. The van der Waals surface area contributed by atoms with Crippen LogP contribution in [0.1, 0.15) is 40.5 Å². The molecule has 2 heterocycles. The van der Waals surface area contributed by atoms with Crippen molar-refractivity contribution in [2.24, 2.45) is 5.92 Å². The minimum atomic E-state index is -0.498. The number of rotatable bonds is 3. The number of alkyl carbamates (subject to hydrolysis) is 1. The third-order valence-corrected chi connectivity index (χ3v) is 4.50. The Hall–Kier alpha value is -2.24. The molecule has 3 rings (SSSR count). The summed E-state index contributed by atoms with van der Waals surface area (Å²) in [6.45, 7) is 9.17. The number of nitrogens with zero attached hydrogens (tertiary/aromatic N) is 2. The van der Waals surface area contributed by atoms with Gasteiger partial charge in [-0.1, -0.05) is 19.1 Å². The van der Waals surface area contributed by atoms with Gasteiger partial charge in [-0.3, -0.25) is 0 Å². The molecule has 2 atom stereocenters.